The molecule has 9 aromatic carbocycles. The van der Waals surface area contributed by atoms with Gasteiger partial charge in [-0.25, -0.2) is 0 Å². The summed E-state index contributed by atoms with van der Waals surface area (Å²) in [6.45, 7) is 0. The Morgan fingerprint density at radius 1 is 0.259 bits per heavy atom. The molecule has 0 aliphatic carbocycles. The maximum atomic E-state index is 6.72. The Labute approximate surface area is 332 Å². The fourth-order valence-electron chi connectivity index (χ4n) is 9.48. The van der Waals surface area contributed by atoms with Crippen LogP contribution in [0.15, 0.2) is 203 Å². The van der Waals surface area contributed by atoms with Gasteiger partial charge in [0, 0.05) is 54.5 Å². The van der Waals surface area contributed by atoms with Crippen molar-refractivity contribution in [3.05, 3.63) is 194 Å². The molecule has 0 fully saturated rings. The lowest BCUT2D eigenvalue weighted by atomic mass is 10.0. The number of furan rings is 2. The molecule has 58 heavy (non-hydrogen) atoms. The Hall–Kier alpha value is -7.82. The first-order valence-corrected chi connectivity index (χ1v) is 19.7. The van der Waals surface area contributed by atoms with Crippen LogP contribution in [0.4, 0.5) is 0 Å². The van der Waals surface area contributed by atoms with Gasteiger partial charge in [0.2, 0.25) is 0 Å². The Balaban J connectivity index is 0.900. The molecule has 0 aliphatic rings. The molecular weight excluding hydrogens is 709 g/mol. The van der Waals surface area contributed by atoms with Gasteiger partial charge in [-0.2, -0.15) is 0 Å². The van der Waals surface area contributed by atoms with Crippen LogP contribution in [0.25, 0.3) is 121 Å². The minimum atomic E-state index is 0.773. The fraction of sp³-hybridized carbons (Fsp3) is 0. The second-order valence-electron chi connectivity index (χ2n) is 15.3. The highest BCUT2D eigenvalue weighted by atomic mass is 16.4. The molecule has 0 saturated carbocycles. The van der Waals surface area contributed by atoms with E-state index in [9.17, 15) is 0 Å². The molecule has 0 amide bonds. The van der Waals surface area contributed by atoms with E-state index in [-0.39, 0.29) is 0 Å². The molecule has 4 aromatic heterocycles. The van der Waals surface area contributed by atoms with Gasteiger partial charge in [-0.05, 0) is 107 Å². The lowest BCUT2D eigenvalue weighted by Gasteiger charge is -2.10. The Kier molecular flexibility index (Phi) is 6.41. The first-order chi connectivity index (χ1) is 28.7. The third kappa shape index (κ3) is 4.45. The van der Waals surface area contributed by atoms with Crippen molar-refractivity contribution in [2.45, 2.75) is 0 Å². The van der Waals surface area contributed by atoms with Crippen molar-refractivity contribution in [1.82, 2.24) is 9.13 Å². The Morgan fingerprint density at radius 3 is 1.00 bits per heavy atom. The SMILES string of the molecule is c1cc(-c2ccc3c(c2)oc2c3ccc3c4ccc(-c5cccc(-n6c7ccccc7c7ccccc76)c5)cc4oc32)cc(-n2c3ccccc3c3ccccc32)c1. The zero-order valence-electron chi connectivity index (χ0n) is 31.2. The number of hydrogen-bond acceptors (Lipinski definition) is 2. The zero-order valence-corrected chi connectivity index (χ0v) is 31.2. The van der Waals surface area contributed by atoms with Crippen molar-refractivity contribution in [1.29, 1.82) is 0 Å². The molecule has 4 heterocycles. The molecular formula is C54H32N2O2. The van der Waals surface area contributed by atoms with E-state index in [1.807, 2.05) is 0 Å². The normalized spacial score (nSPS) is 12.1. The number of nitrogens with zero attached hydrogens (tertiary/aromatic N) is 2. The van der Waals surface area contributed by atoms with Crippen molar-refractivity contribution in [3.8, 4) is 33.6 Å². The van der Waals surface area contributed by atoms with Gasteiger partial charge in [0.1, 0.15) is 11.2 Å². The van der Waals surface area contributed by atoms with Crippen LogP contribution in [0.3, 0.4) is 0 Å². The lowest BCUT2D eigenvalue weighted by molar-refractivity contribution is 0.633. The third-order valence-corrected chi connectivity index (χ3v) is 12.1. The summed E-state index contributed by atoms with van der Waals surface area (Å²) in [5, 5.41) is 9.26. The largest absolute Gasteiger partial charge is 0.452 e. The summed E-state index contributed by atoms with van der Waals surface area (Å²) in [5.74, 6) is 0. The van der Waals surface area contributed by atoms with Crippen molar-refractivity contribution < 1.29 is 8.83 Å². The molecule has 0 atom stereocenters. The fourth-order valence-corrected chi connectivity index (χ4v) is 9.48. The Morgan fingerprint density at radius 2 is 0.603 bits per heavy atom. The number of fused-ring (bicyclic) bond motifs is 13. The van der Waals surface area contributed by atoms with Crippen LogP contribution < -0.4 is 0 Å². The average Bonchev–Trinajstić information content (AvgIpc) is 4.04. The number of para-hydroxylation sites is 4. The van der Waals surface area contributed by atoms with Crippen LogP contribution in [0.2, 0.25) is 0 Å². The van der Waals surface area contributed by atoms with Gasteiger partial charge in [-0.1, -0.05) is 109 Å². The Bertz CT molecular complexity index is 3460. The predicted octanol–water partition coefficient (Wildman–Crippen LogP) is 15.0. The van der Waals surface area contributed by atoms with Gasteiger partial charge in [-0.3, -0.25) is 0 Å². The van der Waals surface area contributed by atoms with Gasteiger partial charge in [0.05, 0.1) is 22.1 Å². The average molecular weight is 741 g/mol. The maximum absolute atomic E-state index is 6.72. The maximum Gasteiger partial charge on any atom is 0.178 e. The van der Waals surface area contributed by atoms with Crippen molar-refractivity contribution >= 4 is 87.5 Å². The molecule has 0 bridgehead atoms. The van der Waals surface area contributed by atoms with Crippen LogP contribution in [-0.4, -0.2) is 9.13 Å². The second-order valence-corrected chi connectivity index (χ2v) is 15.3. The van der Waals surface area contributed by atoms with Crippen LogP contribution in [0, 0.1) is 0 Å². The summed E-state index contributed by atoms with van der Waals surface area (Å²) in [6, 6.07) is 69.5. The molecule has 4 heteroatoms. The van der Waals surface area contributed by atoms with Gasteiger partial charge in [0.15, 0.2) is 11.2 Å². The smallest absolute Gasteiger partial charge is 0.178 e. The minimum absolute atomic E-state index is 0.773. The lowest BCUT2D eigenvalue weighted by Crippen LogP contribution is -1.94. The van der Waals surface area contributed by atoms with E-state index in [1.54, 1.807) is 0 Å². The highest BCUT2D eigenvalue weighted by Crippen LogP contribution is 2.42. The first-order valence-electron chi connectivity index (χ1n) is 19.7. The van der Waals surface area contributed by atoms with E-state index >= 15 is 0 Å². The number of aromatic nitrogens is 2. The molecule has 270 valence electrons. The quantitative estimate of drug-likeness (QED) is 0.180. The van der Waals surface area contributed by atoms with Crippen molar-refractivity contribution in [2.75, 3.05) is 0 Å². The highest BCUT2D eigenvalue weighted by Gasteiger charge is 2.19. The number of benzene rings is 9. The van der Waals surface area contributed by atoms with E-state index < -0.39 is 0 Å². The molecule has 0 radical (unpaired) electrons. The van der Waals surface area contributed by atoms with Crippen molar-refractivity contribution in [3.63, 3.8) is 0 Å². The van der Waals surface area contributed by atoms with Gasteiger partial charge >= 0.3 is 0 Å². The van der Waals surface area contributed by atoms with Crippen molar-refractivity contribution in [2.24, 2.45) is 0 Å². The molecule has 13 aromatic rings. The highest BCUT2D eigenvalue weighted by molar-refractivity contribution is 6.19. The van der Waals surface area contributed by atoms with Crippen LogP contribution in [0.5, 0.6) is 0 Å². The summed E-state index contributed by atoms with van der Waals surface area (Å²) in [6.07, 6.45) is 0. The van der Waals surface area contributed by atoms with E-state index in [2.05, 4.69) is 203 Å². The molecule has 0 aliphatic heterocycles. The number of rotatable bonds is 4. The second kappa shape index (κ2) is 11.8. The zero-order chi connectivity index (χ0) is 37.9. The monoisotopic (exact) mass is 740 g/mol. The van der Waals surface area contributed by atoms with Gasteiger partial charge < -0.3 is 18.0 Å². The summed E-state index contributed by atoms with van der Waals surface area (Å²) in [5.41, 5.74) is 14.7. The topological polar surface area (TPSA) is 36.1 Å². The molecule has 0 N–H and O–H groups in total. The standard InChI is InChI=1S/C54H32N2O2/c1-5-19-47-39(15-1)40-16-2-6-20-48(40)55(47)37-13-9-11-33(29-37)35-23-25-43-45-27-28-46-44-26-24-36(32-52(44)58-54(46)53(45)57-51(43)31-35)34-12-10-14-38(30-34)56-49-21-7-3-17-41(49)42-18-4-8-22-50(42)56/h1-32H. The van der Waals surface area contributed by atoms with Crippen LogP contribution >= 0.6 is 0 Å². The van der Waals surface area contributed by atoms with Gasteiger partial charge in [-0.15, -0.1) is 0 Å². The molecule has 0 spiro atoms. The summed E-state index contributed by atoms with van der Waals surface area (Å²) < 4.78 is 18.2. The predicted molar refractivity (Wildman–Crippen MR) is 241 cm³/mol. The van der Waals surface area contributed by atoms with Crippen LogP contribution in [0.1, 0.15) is 0 Å². The van der Waals surface area contributed by atoms with E-state index in [0.717, 1.165) is 77.5 Å². The first kappa shape index (κ1) is 31.4. The van der Waals surface area contributed by atoms with Crippen LogP contribution in [-0.2, 0) is 0 Å². The van der Waals surface area contributed by atoms with E-state index in [1.165, 1.54) is 43.6 Å². The molecule has 0 unspecified atom stereocenters. The van der Waals surface area contributed by atoms with E-state index in [0.29, 0.717) is 0 Å². The van der Waals surface area contributed by atoms with Gasteiger partial charge in [0.25, 0.3) is 0 Å². The third-order valence-electron chi connectivity index (χ3n) is 12.1. The summed E-state index contributed by atoms with van der Waals surface area (Å²) >= 11 is 0. The molecule has 0 saturated heterocycles. The summed E-state index contributed by atoms with van der Waals surface area (Å²) in [4.78, 5) is 0. The minimum Gasteiger partial charge on any atom is -0.452 e. The molecule has 13 rings (SSSR count). The van der Waals surface area contributed by atoms with E-state index in [4.69, 9.17) is 8.83 Å². The summed E-state index contributed by atoms with van der Waals surface area (Å²) in [7, 11) is 0. The number of hydrogen-bond donors (Lipinski definition) is 0. The molecule has 4 nitrogen and oxygen atoms in total.